The lowest BCUT2D eigenvalue weighted by molar-refractivity contribution is 0.0521. The van der Waals surface area contributed by atoms with E-state index in [0.29, 0.717) is 5.92 Å². The Morgan fingerprint density at radius 3 is 1.91 bits per heavy atom. The van der Waals surface area contributed by atoms with Crippen molar-refractivity contribution in [3.05, 3.63) is 0 Å². The van der Waals surface area contributed by atoms with Crippen molar-refractivity contribution in [2.75, 3.05) is 0 Å². The van der Waals surface area contributed by atoms with Crippen LogP contribution in [0.2, 0.25) is 0 Å². The average Bonchev–Trinajstić information content (AvgIpc) is 1.53. The third-order valence-electron chi connectivity index (χ3n) is 1.72. The lowest BCUT2D eigenvalue weighted by Crippen LogP contribution is -2.22. The predicted octanol–water partition coefficient (Wildman–Crippen LogP) is 2.83. The van der Waals surface area contributed by atoms with Crippen LogP contribution in [0.5, 0.6) is 0 Å². The second-order valence-corrected chi connectivity index (χ2v) is 4.75. The smallest absolute Gasteiger partial charge is 0.0594 e. The molecule has 0 aliphatic heterocycles. The zero-order valence-corrected chi connectivity index (χ0v) is 8.52. The average molecular weight is 158 g/mol. The molecule has 0 aromatic carbocycles. The molecule has 0 spiro atoms. The Balaban J connectivity index is 3.61. The van der Waals surface area contributed by atoms with E-state index in [-0.39, 0.29) is 0 Å². The van der Waals surface area contributed by atoms with E-state index >= 15 is 0 Å². The van der Waals surface area contributed by atoms with E-state index in [1.807, 2.05) is 13.8 Å². The van der Waals surface area contributed by atoms with Crippen molar-refractivity contribution in [2.45, 2.75) is 53.1 Å². The molecule has 0 saturated carbocycles. The van der Waals surface area contributed by atoms with Gasteiger partial charge in [-0.15, -0.1) is 0 Å². The Bertz CT molecular complexity index is 99.9. The number of hydrogen-bond donors (Lipinski definition) is 1. The highest BCUT2D eigenvalue weighted by Crippen LogP contribution is 2.21. The van der Waals surface area contributed by atoms with Crippen LogP contribution in [0.25, 0.3) is 0 Å². The molecular weight excluding hydrogens is 136 g/mol. The van der Waals surface area contributed by atoms with Crippen LogP contribution in [0, 0.1) is 11.8 Å². The van der Waals surface area contributed by atoms with Gasteiger partial charge >= 0.3 is 0 Å². The van der Waals surface area contributed by atoms with E-state index in [4.69, 9.17) is 0 Å². The van der Waals surface area contributed by atoms with Gasteiger partial charge in [-0.25, -0.2) is 0 Å². The summed E-state index contributed by atoms with van der Waals surface area (Å²) in [6, 6.07) is 0. The van der Waals surface area contributed by atoms with Gasteiger partial charge in [0.2, 0.25) is 0 Å². The van der Waals surface area contributed by atoms with E-state index in [2.05, 4.69) is 20.8 Å². The van der Waals surface area contributed by atoms with Crippen molar-refractivity contribution in [2.24, 2.45) is 11.8 Å². The Hall–Kier alpha value is -0.0400. The minimum absolute atomic E-state index is 0.492. The van der Waals surface area contributed by atoms with Crippen molar-refractivity contribution in [1.29, 1.82) is 0 Å². The highest BCUT2D eigenvalue weighted by molar-refractivity contribution is 4.69. The molecule has 0 aromatic heterocycles. The van der Waals surface area contributed by atoms with Gasteiger partial charge in [0.05, 0.1) is 5.60 Å². The third kappa shape index (κ3) is 7.86. The number of rotatable bonds is 4. The van der Waals surface area contributed by atoms with Crippen molar-refractivity contribution < 1.29 is 5.11 Å². The fraction of sp³-hybridized carbons (Fsp3) is 1.00. The molecule has 11 heavy (non-hydrogen) atoms. The molecule has 1 heteroatoms. The zero-order chi connectivity index (χ0) is 9.07. The Kier molecular flexibility index (Phi) is 4.09. The van der Waals surface area contributed by atoms with Crippen molar-refractivity contribution >= 4 is 0 Å². The molecule has 68 valence electrons. The molecule has 0 rings (SSSR count). The minimum Gasteiger partial charge on any atom is -0.390 e. The molecule has 0 saturated heterocycles. The second-order valence-electron chi connectivity index (χ2n) is 4.75. The fourth-order valence-electron chi connectivity index (χ4n) is 1.74. The first-order valence-electron chi connectivity index (χ1n) is 4.53. The highest BCUT2D eigenvalue weighted by atomic mass is 16.3. The lowest BCUT2D eigenvalue weighted by atomic mass is 9.89. The van der Waals surface area contributed by atoms with Crippen molar-refractivity contribution in [1.82, 2.24) is 0 Å². The summed E-state index contributed by atoms with van der Waals surface area (Å²) >= 11 is 0. The van der Waals surface area contributed by atoms with Crippen LogP contribution in [0.15, 0.2) is 0 Å². The quantitative estimate of drug-likeness (QED) is 0.667. The first-order chi connectivity index (χ1) is 4.81. The Labute approximate surface area is 70.8 Å². The van der Waals surface area contributed by atoms with Gasteiger partial charge < -0.3 is 5.11 Å². The minimum atomic E-state index is -0.492. The van der Waals surface area contributed by atoms with Crippen LogP contribution < -0.4 is 0 Å². The summed E-state index contributed by atoms with van der Waals surface area (Å²) in [6.07, 6.45) is 2.12. The molecule has 0 bridgehead atoms. The maximum absolute atomic E-state index is 9.50. The lowest BCUT2D eigenvalue weighted by Gasteiger charge is -2.23. The molecule has 0 fully saturated rings. The normalized spacial score (nSPS) is 15.5. The molecule has 0 radical (unpaired) electrons. The van der Waals surface area contributed by atoms with Crippen molar-refractivity contribution in [3.63, 3.8) is 0 Å². The topological polar surface area (TPSA) is 20.2 Å². The van der Waals surface area contributed by atoms with Crippen molar-refractivity contribution in [3.8, 4) is 0 Å². The predicted molar refractivity (Wildman–Crippen MR) is 49.5 cm³/mol. The standard InChI is InChI=1S/C10H22O/c1-8(2)6-9(3)7-10(4,5)11/h8-9,11H,6-7H2,1-5H3. The van der Waals surface area contributed by atoms with E-state index in [9.17, 15) is 5.11 Å². The summed E-state index contributed by atoms with van der Waals surface area (Å²) in [4.78, 5) is 0. The molecule has 1 nitrogen and oxygen atoms in total. The van der Waals surface area contributed by atoms with E-state index < -0.39 is 5.60 Å². The summed E-state index contributed by atoms with van der Waals surface area (Å²) in [5.74, 6) is 1.38. The summed E-state index contributed by atoms with van der Waals surface area (Å²) < 4.78 is 0. The summed E-state index contributed by atoms with van der Waals surface area (Å²) in [5.41, 5.74) is -0.492. The van der Waals surface area contributed by atoms with Crippen LogP contribution in [0.4, 0.5) is 0 Å². The monoisotopic (exact) mass is 158 g/mol. The molecule has 0 amide bonds. The third-order valence-corrected chi connectivity index (χ3v) is 1.72. The van der Waals surface area contributed by atoms with Gasteiger partial charge in [-0.1, -0.05) is 20.8 Å². The molecule has 0 aliphatic rings. The molecule has 0 aromatic rings. The molecular formula is C10H22O. The van der Waals surface area contributed by atoms with E-state index in [1.165, 1.54) is 6.42 Å². The van der Waals surface area contributed by atoms with Crippen LogP contribution in [-0.2, 0) is 0 Å². The molecule has 1 N–H and O–H groups in total. The fourth-order valence-corrected chi connectivity index (χ4v) is 1.74. The van der Waals surface area contributed by atoms with Crippen LogP contribution in [0.1, 0.15) is 47.5 Å². The summed E-state index contributed by atoms with van der Waals surface area (Å²) in [5, 5.41) is 9.50. The van der Waals surface area contributed by atoms with Gasteiger partial charge in [0.15, 0.2) is 0 Å². The molecule has 0 aliphatic carbocycles. The van der Waals surface area contributed by atoms with E-state index in [1.54, 1.807) is 0 Å². The van der Waals surface area contributed by atoms with E-state index in [0.717, 1.165) is 12.3 Å². The summed E-state index contributed by atoms with van der Waals surface area (Å²) in [7, 11) is 0. The zero-order valence-electron chi connectivity index (χ0n) is 8.52. The maximum atomic E-state index is 9.50. The molecule has 1 unspecified atom stereocenters. The maximum Gasteiger partial charge on any atom is 0.0594 e. The van der Waals surface area contributed by atoms with Gasteiger partial charge in [0.25, 0.3) is 0 Å². The first-order valence-corrected chi connectivity index (χ1v) is 4.53. The van der Waals surface area contributed by atoms with Gasteiger partial charge in [-0.2, -0.15) is 0 Å². The molecule has 0 heterocycles. The Morgan fingerprint density at radius 2 is 1.64 bits per heavy atom. The highest BCUT2D eigenvalue weighted by Gasteiger charge is 2.17. The number of aliphatic hydroxyl groups is 1. The van der Waals surface area contributed by atoms with Gasteiger partial charge in [0, 0.05) is 0 Å². The van der Waals surface area contributed by atoms with Gasteiger partial charge in [0.1, 0.15) is 0 Å². The van der Waals surface area contributed by atoms with Gasteiger partial charge in [-0.05, 0) is 38.5 Å². The first kappa shape index (κ1) is 11.0. The van der Waals surface area contributed by atoms with Crippen LogP contribution in [0.3, 0.4) is 0 Å². The number of hydrogen-bond acceptors (Lipinski definition) is 1. The SMILES string of the molecule is CC(C)CC(C)CC(C)(C)O. The van der Waals surface area contributed by atoms with Gasteiger partial charge in [-0.3, -0.25) is 0 Å². The molecule has 1 atom stereocenters. The van der Waals surface area contributed by atoms with Crippen LogP contribution >= 0.6 is 0 Å². The largest absolute Gasteiger partial charge is 0.390 e. The van der Waals surface area contributed by atoms with Crippen LogP contribution in [-0.4, -0.2) is 10.7 Å². The second kappa shape index (κ2) is 4.10. The summed E-state index contributed by atoms with van der Waals surface area (Å²) in [6.45, 7) is 10.4. The Morgan fingerprint density at radius 1 is 1.18 bits per heavy atom.